The van der Waals surface area contributed by atoms with Crippen LogP contribution < -0.4 is 0 Å². The largest absolute Gasteiger partial charge is 0.354 e. The predicted molar refractivity (Wildman–Crippen MR) is 147 cm³/mol. The maximum atomic E-state index is 3.52. The van der Waals surface area contributed by atoms with E-state index in [4.69, 9.17) is 0 Å². The van der Waals surface area contributed by atoms with Gasteiger partial charge in [0.1, 0.15) is 0 Å². The van der Waals surface area contributed by atoms with Crippen molar-refractivity contribution in [1.82, 2.24) is 9.97 Å². The van der Waals surface area contributed by atoms with E-state index in [1.165, 1.54) is 65.2 Å². The number of rotatable bonds is 0. The average Bonchev–Trinajstić information content (AvgIpc) is 3.48. The first kappa shape index (κ1) is 19.0. The number of nitrogens with one attached hydrogen (secondary N) is 2. The van der Waals surface area contributed by atoms with Gasteiger partial charge in [0.25, 0.3) is 0 Å². The van der Waals surface area contributed by atoms with Gasteiger partial charge in [-0.3, -0.25) is 0 Å². The fourth-order valence-corrected chi connectivity index (χ4v) is 5.21. The van der Waals surface area contributed by atoms with E-state index in [0.717, 1.165) is 0 Å². The summed E-state index contributed by atoms with van der Waals surface area (Å²) < 4.78 is 0. The van der Waals surface area contributed by atoms with Crippen molar-refractivity contribution in [2.45, 2.75) is 0 Å². The van der Waals surface area contributed by atoms with E-state index in [-0.39, 0.29) is 0 Å². The third-order valence-electron chi connectivity index (χ3n) is 6.80. The lowest BCUT2D eigenvalue weighted by Gasteiger charge is -1.99. The summed E-state index contributed by atoms with van der Waals surface area (Å²) in [5.74, 6) is 0. The maximum Gasteiger partial charge on any atom is 0.0544 e. The van der Waals surface area contributed by atoms with E-state index < -0.39 is 0 Å². The molecule has 2 heteroatoms. The number of hydrogen-bond acceptors (Lipinski definition) is 0. The minimum atomic E-state index is 1.21. The van der Waals surface area contributed by atoms with Crippen LogP contribution in [0.2, 0.25) is 0 Å². The van der Waals surface area contributed by atoms with Crippen molar-refractivity contribution in [1.29, 1.82) is 0 Å². The minimum absolute atomic E-state index is 1.21. The van der Waals surface area contributed by atoms with Crippen LogP contribution in [0.15, 0.2) is 121 Å². The fraction of sp³-hybridized carbons (Fsp3) is 0. The zero-order chi connectivity index (χ0) is 22.5. The Balaban J connectivity index is 0.000000118. The topological polar surface area (TPSA) is 31.6 Å². The van der Waals surface area contributed by atoms with Crippen LogP contribution in [0, 0.1) is 0 Å². The van der Waals surface area contributed by atoms with E-state index in [1.54, 1.807) is 0 Å². The summed E-state index contributed by atoms with van der Waals surface area (Å²) in [4.78, 5) is 6.99. The Hall–Kier alpha value is -4.56. The van der Waals surface area contributed by atoms with Crippen molar-refractivity contribution in [3.05, 3.63) is 121 Å². The smallest absolute Gasteiger partial charge is 0.0544 e. The second kappa shape index (κ2) is 7.50. The lowest BCUT2D eigenvalue weighted by atomic mass is 10.0. The van der Waals surface area contributed by atoms with Gasteiger partial charge in [-0.2, -0.15) is 0 Å². The van der Waals surface area contributed by atoms with Gasteiger partial charge in [-0.25, -0.2) is 0 Å². The molecule has 0 atom stereocenters. The van der Waals surface area contributed by atoms with Crippen LogP contribution >= 0.6 is 0 Å². The predicted octanol–water partition coefficient (Wildman–Crippen LogP) is 8.95. The number of fused-ring (bicyclic) bond motifs is 10. The van der Waals surface area contributed by atoms with Crippen molar-refractivity contribution in [3.63, 3.8) is 0 Å². The first-order valence-corrected chi connectivity index (χ1v) is 11.6. The van der Waals surface area contributed by atoms with Gasteiger partial charge in [-0.15, -0.1) is 0 Å². The molecule has 2 nitrogen and oxygen atoms in total. The Bertz CT molecular complexity index is 1960. The molecule has 6 aromatic carbocycles. The summed E-state index contributed by atoms with van der Waals surface area (Å²) in [6.07, 6.45) is 0. The average molecular weight is 435 g/mol. The second-order valence-electron chi connectivity index (χ2n) is 8.76. The molecule has 0 bridgehead atoms. The van der Waals surface area contributed by atoms with Gasteiger partial charge in [0.15, 0.2) is 0 Å². The quantitative estimate of drug-likeness (QED) is 0.239. The summed E-state index contributed by atoms with van der Waals surface area (Å²) in [5.41, 5.74) is 4.87. The first-order valence-electron chi connectivity index (χ1n) is 11.6. The molecule has 0 saturated carbocycles. The highest BCUT2D eigenvalue weighted by molar-refractivity contribution is 6.20. The molecule has 2 heterocycles. The highest BCUT2D eigenvalue weighted by Crippen LogP contribution is 2.32. The Morgan fingerprint density at radius 2 is 0.882 bits per heavy atom. The Morgan fingerprint density at radius 1 is 0.324 bits per heavy atom. The van der Waals surface area contributed by atoms with Gasteiger partial charge >= 0.3 is 0 Å². The molecular weight excluding hydrogens is 412 g/mol. The number of hydrogen-bond donors (Lipinski definition) is 2. The van der Waals surface area contributed by atoms with Crippen molar-refractivity contribution < 1.29 is 0 Å². The lowest BCUT2D eigenvalue weighted by Crippen LogP contribution is -1.74. The van der Waals surface area contributed by atoms with E-state index in [0.29, 0.717) is 0 Å². The molecule has 0 amide bonds. The van der Waals surface area contributed by atoms with Gasteiger partial charge in [0.05, 0.1) is 5.52 Å². The molecule has 0 unspecified atom stereocenters. The molecule has 2 aromatic heterocycles. The molecule has 8 rings (SSSR count). The third-order valence-corrected chi connectivity index (χ3v) is 6.80. The van der Waals surface area contributed by atoms with E-state index in [9.17, 15) is 0 Å². The number of aromatic nitrogens is 2. The Kier molecular flexibility index (Phi) is 4.18. The van der Waals surface area contributed by atoms with Crippen LogP contribution in [0.5, 0.6) is 0 Å². The fourth-order valence-electron chi connectivity index (χ4n) is 5.21. The molecule has 2 N–H and O–H groups in total. The zero-order valence-electron chi connectivity index (χ0n) is 18.5. The van der Waals surface area contributed by atoms with Crippen molar-refractivity contribution in [2.75, 3.05) is 0 Å². The first-order chi connectivity index (χ1) is 16.9. The second-order valence-corrected chi connectivity index (χ2v) is 8.76. The van der Waals surface area contributed by atoms with Crippen LogP contribution in [0.25, 0.3) is 65.2 Å². The molecule has 0 radical (unpaired) electrons. The Labute approximate surface area is 196 Å². The third kappa shape index (κ3) is 2.89. The number of aromatic amines is 2. The normalized spacial score (nSPS) is 11.5. The van der Waals surface area contributed by atoms with Crippen LogP contribution in [0.1, 0.15) is 0 Å². The lowest BCUT2D eigenvalue weighted by molar-refractivity contribution is 1.55. The zero-order valence-corrected chi connectivity index (χ0v) is 18.5. The molecule has 160 valence electrons. The van der Waals surface area contributed by atoms with E-state index in [2.05, 4.69) is 131 Å². The SMILES string of the molecule is c1ccc2c(c1)ccc1[nH]c3ccccc3c12.c1ccc2c(c1)ccc1c3ccccc3[nH]c21. The maximum absolute atomic E-state index is 3.52. The summed E-state index contributed by atoms with van der Waals surface area (Å²) >= 11 is 0. The summed E-state index contributed by atoms with van der Waals surface area (Å²) in [7, 11) is 0. The molecule has 0 aliphatic carbocycles. The van der Waals surface area contributed by atoms with E-state index >= 15 is 0 Å². The molecule has 34 heavy (non-hydrogen) atoms. The highest BCUT2D eigenvalue weighted by Gasteiger charge is 2.07. The summed E-state index contributed by atoms with van der Waals surface area (Å²) in [5, 5.41) is 10.4. The van der Waals surface area contributed by atoms with Gasteiger partial charge in [-0.05, 0) is 34.4 Å². The minimum Gasteiger partial charge on any atom is -0.354 e. The van der Waals surface area contributed by atoms with Crippen molar-refractivity contribution >= 4 is 65.2 Å². The van der Waals surface area contributed by atoms with Crippen LogP contribution in [-0.2, 0) is 0 Å². The van der Waals surface area contributed by atoms with Gasteiger partial charge in [0, 0.05) is 43.5 Å². The van der Waals surface area contributed by atoms with Crippen LogP contribution in [0.4, 0.5) is 0 Å². The molecule has 0 spiro atoms. The molecule has 8 aromatic rings. The standard InChI is InChI=1S/2C16H11N/c1-2-6-12-11(5-1)9-10-14-13-7-3-4-8-15(13)17-16(12)14;1-2-6-12-11(5-1)9-10-15-16(12)13-7-3-4-8-14(13)17-15/h2*1-10,17H. The van der Waals surface area contributed by atoms with Crippen LogP contribution in [-0.4, -0.2) is 9.97 Å². The van der Waals surface area contributed by atoms with Crippen molar-refractivity contribution in [2.24, 2.45) is 0 Å². The molecule has 0 fully saturated rings. The number of para-hydroxylation sites is 2. The van der Waals surface area contributed by atoms with Gasteiger partial charge in [0.2, 0.25) is 0 Å². The van der Waals surface area contributed by atoms with Gasteiger partial charge < -0.3 is 9.97 Å². The van der Waals surface area contributed by atoms with Crippen molar-refractivity contribution in [3.8, 4) is 0 Å². The van der Waals surface area contributed by atoms with Crippen LogP contribution in [0.3, 0.4) is 0 Å². The Morgan fingerprint density at radius 3 is 1.68 bits per heavy atom. The summed E-state index contributed by atoms with van der Waals surface area (Å²) in [6, 6.07) is 42.7. The van der Waals surface area contributed by atoms with E-state index in [1.807, 2.05) is 0 Å². The molecule has 0 aliphatic heterocycles. The molecule has 0 saturated heterocycles. The molecule has 0 aliphatic rings. The summed E-state index contributed by atoms with van der Waals surface area (Å²) in [6.45, 7) is 0. The highest BCUT2D eigenvalue weighted by atomic mass is 14.7. The number of benzene rings is 6. The van der Waals surface area contributed by atoms with Gasteiger partial charge in [-0.1, -0.05) is 103 Å². The molecular formula is C32H22N2. The monoisotopic (exact) mass is 434 g/mol. The number of H-pyrrole nitrogens is 2.